The minimum atomic E-state index is -0.0509. The van der Waals surface area contributed by atoms with E-state index >= 15 is 0 Å². The molecular formula is C21H22N4O4. The summed E-state index contributed by atoms with van der Waals surface area (Å²) < 4.78 is 15.6. The standard InChI is InChI=1S/C21H22N4O4/c1-27-16-6-4-13(5-7-16)11-23-20-15(12-24-21(22)25-20)8-14-9-17(28-2)19(26)18(10-14)29-3/h4-7,9-12,26H,8H2,1-3H3,(H2,22,24,25). The lowest BCUT2D eigenvalue weighted by atomic mass is 10.1. The van der Waals surface area contributed by atoms with Crippen LogP contribution in [0.4, 0.5) is 11.8 Å². The van der Waals surface area contributed by atoms with Gasteiger partial charge in [-0.25, -0.2) is 9.98 Å². The summed E-state index contributed by atoms with van der Waals surface area (Å²) in [6, 6.07) is 10.9. The second kappa shape index (κ2) is 8.92. The van der Waals surface area contributed by atoms with Crippen molar-refractivity contribution in [3.05, 3.63) is 59.3 Å². The highest BCUT2D eigenvalue weighted by atomic mass is 16.5. The van der Waals surface area contributed by atoms with Gasteiger partial charge < -0.3 is 25.1 Å². The van der Waals surface area contributed by atoms with Crippen molar-refractivity contribution < 1.29 is 19.3 Å². The predicted octanol–water partition coefficient (Wildman–Crippen LogP) is 3.13. The summed E-state index contributed by atoms with van der Waals surface area (Å²) in [6.45, 7) is 0. The fourth-order valence-corrected chi connectivity index (χ4v) is 2.74. The van der Waals surface area contributed by atoms with Crippen molar-refractivity contribution in [1.82, 2.24) is 9.97 Å². The lowest BCUT2D eigenvalue weighted by Crippen LogP contribution is -2.00. The summed E-state index contributed by atoms with van der Waals surface area (Å²) in [5.41, 5.74) is 8.25. The zero-order chi connectivity index (χ0) is 20.8. The molecule has 3 aromatic rings. The number of aromatic hydroxyl groups is 1. The normalized spacial score (nSPS) is 10.9. The molecule has 0 aliphatic rings. The first-order valence-corrected chi connectivity index (χ1v) is 8.77. The summed E-state index contributed by atoms with van der Waals surface area (Å²) in [7, 11) is 4.58. The molecule has 0 radical (unpaired) electrons. The Morgan fingerprint density at radius 3 is 2.28 bits per heavy atom. The maximum atomic E-state index is 10.1. The van der Waals surface area contributed by atoms with E-state index in [9.17, 15) is 5.11 Å². The highest BCUT2D eigenvalue weighted by Crippen LogP contribution is 2.38. The van der Waals surface area contributed by atoms with Gasteiger partial charge in [0.1, 0.15) is 5.75 Å². The van der Waals surface area contributed by atoms with Gasteiger partial charge in [0.2, 0.25) is 11.7 Å². The summed E-state index contributed by atoms with van der Waals surface area (Å²) in [5.74, 6) is 1.95. The van der Waals surface area contributed by atoms with E-state index in [2.05, 4.69) is 15.0 Å². The molecule has 0 saturated heterocycles. The molecule has 0 saturated carbocycles. The smallest absolute Gasteiger partial charge is 0.222 e. The Labute approximate surface area is 168 Å². The second-order valence-corrected chi connectivity index (χ2v) is 6.13. The van der Waals surface area contributed by atoms with Crippen molar-refractivity contribution in [2.45, 2.75) is 6.42 Å². The fourth-order valence-electron chi connectivity index (χ4n) is 2.74. The van der Waals surface area contributed by atoms with Gasteiger partial charge in [0, 0.05) is 24.4 Å². The number of nitrogens with zero attached hydrogens (tertiary/aromatic N) is 3. The van der Waals surface area contributed by atoms with Crippen molar-refractivity contribution >= 4 is 18.0 Å². The third-order valence-corrected chi connectivity index (χ3v) is 4.25. The molecule has 0 bridgehead atoms. The van der Waals surface area contributed by atoms with Crippen LogP contribution in [0.15, 0.2) is 47.6 Å². The third kappa shape index (κ3) is 4.73. The van der Waals surface area contributed by atoms with Crippen LogP contribution >= 0.6 is 0 Å². The van der Waals surface area contributed by atoms with E-state index in [1.54, 1.807) is 31.7 Å². The largest absolute Gasteiger partial charge is 0.502 e. The van der Waals surface area contributed by atoms with E-state index in [1.165, 1.54) is 14.2 Å². The van der Waals surface area contributed by atoms with Crippen LogP contribution in [0.25, 0.3) is 0 Å². The molecule has 0 aliphatic carbocycles. The van der Waals surface area contributed by atoms with E-state index in [0.717, 1.165) is 22.4 Å². The Balaban J connectivity index is 1.92. The van der Waals surface area contributed by atoms with Gasteiger partial charge in [-0.2, -0.15) is 4.98 Å². The monoisotopic (exact) mass is 394 g/mol. The first kappa shape index (κ1) is 19.9. The Hall–Kier alpha value is -3.81. The van der Waals surface area contributed by atoms with Gasteiger partial charge in [-0.15, -0.1) is 0 Å². The maximum absolute atomic E-state index is 10.1. The van der Waals surface area contributed by atoms with E-state index in [-0.39, 0.29) is 11.7 Å². The van der Waals surface area contributed by atoms with Crippen molar-refractivity contribution in [3.8, 4) is 23.0 Å². The zero-order valence-corrected chi connectivity index (χ0v) is 16.4. The van der Waals surface area contributed by atoms with Crippen LogP contribution < -0.4 is 19.9 Å². The molecule has 0 spiro atoms. The van der Waals surface area contributed by atoms with Gasteiger partial charge in [-0.1, -0.05) is 0 Å². The lowest BCUT2D eigenvalue weighted by molar-refractivity contribution is 0.339. The minimum Gasteiger partial charge on any atom is -0.502 e. The molecule has 150 valence electrons. The van der Waals surface area contributed by atoms with Gasteiger partial charge in [-0.05, 0) is 47.5 Å². The first-order valence-electron chi connectivity index (χ1n) is 8.77. The van der Waals surface area contributed by atoms with Crippen LogP contribution in [0.1, 0.15) is 16.7 Å². The minimum absolute atomic E-state index is 0.0509. The number of methoxy groups -OCH3 is 3. The number of benzene rings is 2. The van der Waals surface area contributed by atoms with E-state index < -0.39 is 0 Å². The highest BCUT2D eigenvalue weighted by molar-refractivity contribution is 5.82. The number of nitrogens with two attached hydrogens (primary N) is 1. The van der Waals surface area contributed by atoms with Gasteiger partial charge in [0.25, 0.3) is 0 Å². The van der Waals surface area contributed by atoms with E-state index in [1.807, 2.05) is 24.3 Å². The molecule has 0 atom stereocenters. The van der Waals surface area contributed by atoms with E-state index in [4.69, 9.17) is 19.9 Å². The molecule has 3 rings (SSSR count). The highest BCUT2D eigenvalue weighted by Gasteiger charge is 2.13. The predicted molar refractivity (Wildman–Crippen MR) is 111 cm³/mol. The number of phenols is 1. The summed E-state index contributed by atoms with van der Waals surface area (Å²) >= 11 is 0. The van der Waals surface area contributed by atoms with E-state index in [0.29, 0.717) is 23.7 Å². The van der Waals surface area contributed by atoms with Crippen LogP contribution in [-0.2, 0) is 6.42 Å². The van der Waals surface area contributed by atoms with Crippen molar-refractivity contribution in [3.63, 3.8) is 0 Å². The number of hydrogen-bond acceptors (Lipinski definition) is 8. The topological polar surface area (TPSA) is 112 Å². The number of ether oxygens (including phenoxy) is 3. The maximum Gasteiger partial charge on any atom is 0.222 e. The summed E-state index contributed by atoms with van der Waals surface area (Å²) in [5, 5.41) is 10.1. The number of phenolic OH excluding ortho intramolecular Hbond substituents is 1. The van der Waals surface area contributed by atoms with Crippen molar-refractivity contribution in [2.75, 3.05) is 27.1 Å². The van der Waals surface area contributed by atoms with Crippen LogP contribution in [0, 0.1) is 0 Å². The van der Waals surface area contributed by atoms with Crippen molar-refractivity contribution in [2.24, 2.45) is 4.99 Å². The lowest BCUT2D eigenvalue weighted by Gasteiger charge is -2.12. The molecule has 0 unspecified atom stereocenters. The SMILES string of the molecule is COc1ccc(C=Nc2nc(N)ncc2Cc2cc(OC)c(O)c(OC)c2)cc1. The van der Waals surface area contributed by atoms with Crippen LogP contribution in [-0.4, -0.2) is 42.6 Å². The number of rotatable bonds is 7. The number of aliphatic imine (C=N–C) groups is 1. The molecule has 0 amide bonds. The van der Waals surface area contributed by atoms with Gasteiger partial charge in [0.15, 0.2) is 17.3 Å². The van der Waals surface area contributed by atoms with Crippen LogP contribution in [0.2, 0.25) is 0 Å². The molecule has 1 heterocycles. The quantitative estimate of drug-likeness (QED) is 0.592. The fraction of sp³-hybridized carbons (Fsp3) is 0.190. The zero-order valence-electron chi connectivity index (χ0n) is 16.4. The number of aromatic nitrogens is 2. The molecular weight excluding hydrogens is 372 g/mol. The van der Waals surface area contributed by atoms with Gasteiger partial charge in [0.05, 0.1) is 21.3 Å². The second-order valence-electron chi connectivity index (χ2n) is 6.13. The first-order chi connectivity index (χ1) is 14.0. The number of nitrogen functional groups attached to an aromatic ring is 1. The number of hydrogen-bond donors (Lipinski definition) is 2. The van der Waals surface area contributed by atoms with Gasteiger partial charge >= 0.3 is 0 Å². The Morgan fingerprint density at radius 2 is 1.69 bits per heavy atom. The molecule has 1 aromatic heterocycles. The average Bonchev–Trinajstić information content (AvgIpc) is 2.75. The van der Waals surface area contributed by atoms with Crippen molar-refractivity contribution in [1.29, 1.82) is 0 Å². The molecule has 0 fully saturated rings. The van der Waals surface area contributed by atoms with Crippen LogP contribution in [0.5, 0.6) is 23.0 Å². The molecule has 29 heavy (non-hydrogen) atoms. The Kier molecular flexibility index (Phi) is 6.13. The molecule has 2 aromatic carbocycles. The number of anilines is 1. The average molecular weight is 394 g/mol. The Morgan fingerprint density at radius 1 is 1.03 bits per heavy atom. The Bertz CT molecular complexity index is 995. The molecule has 8 nitrogen and oxygen atoms in total. The summed E-state index contributed by atoms with van der Waals surface area (Å²) in [4.78, 5) is 12.8. The third-order valence-electron chi connectivity index (χ3n) is 4.25. The molecule has 8 heteroatoms. The van der Waals surface area contributed by atoms with Gasteiger partial charge in [-0.3, -0.25) is 0 Å². The summed E-state index contributed by atoms with van der Waals surface area (Å²) in [6.07, 6.45) is 3.78. The molecule has 3 N–H and O–H groups in total. The molecule has 0 aliphatic heterocycles. The van der Waals surface area contributed by atoms with Crippen LogP contribution in [0.3, 0.4) is 0 Å².